The van der Waals surface area contributed by atoms with Crippen LogP contribution in [0.15, 0.2) is 18.2 Å². The Morgan fingerprint density at radius 1 is 1.38 bits per heavy atom. The van der Waals surface area contributed by atoms with Crippen molar-refractivity contribution in [1.82, 2.24) is 0 Å². The molecule has 0 atom stereocenters. The monoisotopic (exact) mass is 220 g/mol. The fourth-order valence-corrected chi connectivity index (χ4v) is 2.04. The van der Waals surface area contributed by atoms with Crippen LogP contribution in [0.25, 0.3) is 0 Å². The number of rotatable bonds is 5. The molecular weight excluding hydrogens is 200 g/mol. The summed E-state index contributed by atoms with van der Waals surface area (Å²) in [4.78, 5) is 0. The van der Waals surface area contributed by atoms with E-state index in [1.807, 2.05) is 18.2 Å². The van der Waals surface area contributed by atoms with Crippen LogP contribution in [0.2, 0.25) is 0 Å². The molecule has 1 aromatic rings. The van der Waals surface area contributed by atoms with Crippen molar-refractivity contribution in [3.8, 4) is 5.75 Å². The van der Waals surface area contributed by atoms with E-state index in [2.05, 4.69) is 5.32 Å². The molecule has 3 N–H and O–H groups in total. The van der Waals surface area contributed by atoms with Gasteiger partial charge in [-0.2, -0.15) is 0 Å². The molecule has 0 unspecified atom stereocenters. The molecule has 0 saturated heterocycles. The maximum atomic E-state index is 5.78. The largest absolute Gasteiger partial charge is 0.497 e. The first-order valence-corrected chi connectivity index (χ1v) is 5.96. The molecule has 1 aromatic carbocycles. The minimum absolute atomic E-state index is 0.741. The van der Waals surface area contributed by atoms with Gasteiger partial charge in [-0.25, -0.2) is 0 Å². The van der Waals surface area contributed by atoms with Gasteiger partial charge < -0.3 is 15.8 Å². The molecule has 1 aliphatic carbocycles. The van der Waals surface area contributed by atoms with E-state index in [1.165, 1.54) is 25.7 Å². The third-order valence-electron chi connectivity index (χ3n) is 3.27. The van der Waals surface area contributed by atoms with Crippen LogP contribution >= 0.6 is 0 Å². The lowest BCUT2D eigenvalue weighted by atomic mass is 9.83. The van der Waals surface area contributed by atoms with Crippen molar-refractivity contribution in [1.29, 1.82) is 0 Å². The summed E-state index contributed by atoms with van der Waals surface area (Å²) in [5, 5.41) is 3.40. The molecule has 1 fully saturated rings. The predicted molar refractivity (Wildman–Crippen MR) is 67.9 cm³/mol. The molecular formula is C13H20N2O. The minimum atomic E-state index is 0.741. The molecule has 0 aromatic heterocycles. The number of hydrogen-bond donors (Lipinski definition) is 2. The summed E-state index contributed by atoms with van der Waals surface area (Å²) in [6.07, 6.45) is 5.48. The summed E-state index contributed by atoms with van der Waals surface area (Å²) in [5.41, 5.74) is 7.58. The fourth-order valence-electron chi connectivity index (χ4n) is 2.04. The van der Waals surface area contributed by atoms with Crippen molar-refractivity contribution in [2.45, 2.75) is 25.7 Å². The van der Waals surface area contributed by atoms with Gasteiger partial charge in [0.15, 0.2) is 0 Å². The Kier molecular flexibility index (Phi) is 3.54. The van der Waals surface area contributed by atoms with Gasteiger partial charge in [0.2, 0.25) is 0 Å². The molecule has 88 valence electrons. The Hall–Kier alpha value is -1.38. The highest BCUT2D eigenvalue weighted by molar-refractivity contribution is 5.59. The first-order chi connectivity index (χ1) is 7.78. The zero-order valence-corrected chi connectivity index (χ0v) is 9.83. The summed E-state index contributed by atoms with van der Waals surface area (Å²) >= 11 is 0. The summed E-state index contributed by atoms with van der Waals surface area (Å²) in [6.45, 7) is 1.03. The molecule has 0 amide bonds. The molecule has 3 nitrogen and oxygen atoms in total. The maximum Gasteiger partial charge on any atom is 0.122 e. The number of nitrogens with two attached hydrogens (primary N) is 1. The predicted octanol–water partition coefficient (Wildman–Crippen LogP) is 2.88. The van der Waals surface area contributed by atoms with Crippen LogP contribution in [0.4, 0.5) is 11.4 Å². The zero-order chi connectivity index (χ0) is 11.4. The molecule has 1 saturated carbocycles. The van der Waals surface area contributed by atoms with E-state index >= 15 is 0 Å². The van der Waals surface area contributed by atoms with E-state index < -0.39 is 0 Å². The number of hydrogen-bond acceptors (Lipinski definition) is 3. The highest BCUT2D eigenvalue weighted by atomic mass is 16.5. The average Bonchev–Trinajstić information content (AvgIpc) is 2.21. The summed E-state index contributed by atoms with van der Waals surface area (Å²) in [7, 11) is 1.66. The zero-order valence-electron chi connectivity index (χ0n) is 9.83. The van der Waals surface area contributed by atoms with Gasteiger partial charge in [-0.1, -0.05) is 19.3 Å². The fraction of sp³-hybridized carbons (Fsp3) is 0.538. The molecule has 16 heavy (non-hydrogen) atoms. The van der Waals surface area contributed by atoms with Crippen molar-refractivity contribution in [2.75, 3.05) is 24.7 Å². The lowest BCUT2D eigenvalue weighted by molar-refractivity contribution is 0.303. The molecule has 0 radical (unpaired) electrons. The Balaban J connectivity index is 1.84. The maximum absolute atomic E-state index is 5.78. The van der Waals surface area contributed by atoms with Crippen molar-refractivity contribution in [2.24, 2.45) is 5.92 Å². The number of anilines is 2. The Morgan fingerprint density at radius 3 is 2.81 bits per heavy atom. The summed E-state index contributed by atoms with van der Waals surface area (Å²) in [5.74, 6) is 1.75. The third kappa shape index (κ3) is 2.81. The number of benzene rings is 1. The smallest absolute Gasteiger partial charge is 0.122 e. The molecule has 3 heteroatoms. The van der Waals surface area contributed by atoms with Crippen LogP contribution in [0, 0.1) is 5.92 Å². The molecule has 2 rings (SSSR count). The summed E-state index contributed by atoms with van der Waals surface area (Å²) in [6, 6.07) is 5.76. The highest BCUT2D eigenvalue weighted by Gasteiger charge is 2.16. The SMILES string of the molecule is COc1cc(N)cc(NCCC2CCC2)c1. The van der Waals surface area contributed by atoms with Gasteiger partial charge in [0.05, 0.1) is 7.11 Å². The van der Waals surface area contributed by atoms with Crippen molar-refractivity contribution < 1.29 is 4.74 Å². The second-order valence-corrected chi connectivity index (χ2v) is 4.51. The standard InChI is InChI=1S/C13H20N2O/c1-16-13-8-11(14)7-12(9-13)15-6-5-10-3-2-4-10/h7-10,15H,2-6,14H2,1H3. The lowest BCUT2D eigenvalue weighted by Crippen LogP contribution is -2.15. The van der Waals surface area contributed by atoms with E-state index in [9.17, 15) is 0 Å². The van der Waals surface area contributed by atoms with Gasteiger partial charge >= 0.3 is 0 Å². The van der Waals surface area contributed by atoms with E-state index in [-0.39, 0.29) is 0 Å². The highest BCUT2D eigenvalue weighted by Crippen LogP contribution is 2.29. The Bertz CT molecular complexity index is 348. The summed E-state index contributed by atoms with van der Waals surface area (Å²) < 4.78 is 5.18. The van der Waals surface area contributed by atoms with Crippen LogP contribution in [0.3, 0.4) is 0 Å². The van der Waals surface area contributed by atoms with E-state index in [4.69, 9.17) is 10.5 Å². The second-order valence-electron chi connectivity index (χ2n) is 4.51. The first-order valence-electron chi connectivity index (χ1n) is 5.96. The van der Waals surface area contributed by atoms with Gasteiger partial charge in [0.1, 0.15) is 5.75 Å². The van der Waals surface area contributed by atoms with Crippen LogP contribution in [-0.2, 0) is 0 Å². The van der Waals surface area contributed by atoms with Gasteiger partial charge in [0, 0.05) is 30.1 Å². The number of nitrogen functional groups attached to an aromatic ring is 1. The second kappa shape index (κ2) is 5.10. The molecule has 0 spiro atoms. The minimum Gasteiger partial charge on any atom is -0.497 e. The third-order valence-corrected chi connectivity index (χ3v) is 3.27. The van der Waals surface area contributed by atoms with Gasteiger partial charge in [0.25, 0.3) is 0 Å². The van der Waals surface area contributed by atoms with Crippen LogP contribution < -0.4 is 15.8 Å². The van der Waals surface area contributed by atoms with Crippen molar-refractivity contribution >= 4 is 11.4 Å². The van der Waals surface area contributed by atoms with Crippen LogP contribution in [0.1, 0.15) is 25.7 Å². The number of methoxy groups -OCH3 is 1. The van der Waals surface area contributed by atoms with E-state index in [0.29, 0.717) is 0 Å². The number of ether oxygens (including phenoxy) is 1. The van der Waals surface area contributed by atoms with Gasteiger partial charge in [-0.15, -0.1) is 0 Å². The van der Waals surface area contributed by atoms with Crippen molar-refractivity contribution in [3.63, 3.8) is 0 Å². The number of nitrogens with one attached hydrogen (secondary N) is 1. The van der Waals surface area contributed by atoms with Crippen LogP contribution in [0.5, 0.6) is 5.75 Å². The molecule has 1 aliphatic rings. The first kappa shape index (κ1) is 11.1. The molecule has 0 aliphatic heterocycles. The Morgan fingerprint density at radius 2 is 2.19 bits per heavy atom. The van der Waals surface area contributed by atoms with E-state index in [1.54, 1.807) is 7.11 Å². The topological polar surface area (TPSA) is 47.3 Å². The molecule has 0 heterocycles. The average molecular weight is 220 g/mol. The van der Waals surface area contributed by atoms with Gasteiger partial charge in [-0.05, 0) is 18.4 Å². The molecule has 0 bridgehead atoms. The van der Waals surface area contributed by atoms with E-state index in [0.717, 1.165) is 29.6 Å². The lowest BCUT2D eigenvalue weighted by Gasteiger charge is -2.25. The van der Waals surface area contributed by atoms with Crippen molar-refractivity contribution in [3.05, 3.63) is 18.2 Å². The Labute approximate surface area is 97.0 Å². The normalized spacial score (nSPS) is 15.6. The quantitative estimate of drug-likeness (QED) is 0.750. The van der Waals surface area contributed by atoms with Gasteiger partial charge in [-0.3, -0.25) is 0 Å². The van der Waals surface area contributed by atoms with Crippen LogP contribution in [-0.4, -0.2) is 13.7 Å².